The van der Waals surface area contributed by atoms with E-state index in [2.05, 4.69) is 15.6 Å². The molecule has 1 aliphatic carbocycles. The smallest absolute Gasteiger partial charge is 0.190 e. The van der Waals surface area contributed by atoms with E-state index >= 15 is 0 Å². The van der Waals surface area contributed by atoms with Crippen molar-refractivity contribution in [2.75, 3.05) is 53.2 Å². The molecule has 0 aromatic rings. The van der Waals surface area contributed by atoms with Gasteiger partial charge in [-0.3, -0.25) is 4.99 Å². The lowest BCUT2D eigenvalue weighted by Crippen LogP contribution is -2.38. The van der Waals surface area contributed by atoms with E-state index in [1.165, 1.54) is 12.8 Å². The van der Waals surface area contributed by atoms with Gasteiger partial charge in [0.25, 0.3) is 0 Å². The van der Waals surface area contributed by atoms with Crippen molar-refractivity contribution in [2.24, 2.45) is 10.9 Å². The van der Waals surface area contributed by atoms with E-state index in [4.69, 9.17) is 14.2 Å². The maximum Gasteiger partial charge on any atom is 0.190 e. The van der Waals surface area contributed by atoms with Crippen LogP contribution in [0.15, 0.2) is 4.99 Å². The van der Waals surface area contributed by atoms with E-state index in [0.29, 0.717) is 6.10 Å². The summed E-state index contributed by atoms with van der Waals surface area (Å²) in [6.07, 6.45) is 6.02. The molecule has 0 radical (unpaired) electrons. The van der Waals surface area contributed by atoms with Gasteiger partial charge in [0.15, 0.2) is 5.96 Å². The quantitative estimate of drug-likeness (QED) is 0.222. The lowest BCUT2D eigenvalue weighted by molar-refractivity contribution is 0.0420. The summed E-state index contributed by atoms with van der Waals surface area (Å²) < 4.78 is 16.6. The van der Waals surface area contributed by atoms with Crippen LogP contribution in [0.2, 0.25) is 0 Å². The minimum Gasteiger partial charge on any atom is -0.381 e. The Labute approximate surface area is 157 Å². The van der Waals surface area contributed by atoms with Gasteiger partial charge in [-0.05, 0) is 38.0 Å². The van der Waals surface area contributed by atoms with Crippen molar-refractivity contribution in [3.8, 4) is 0 Å². The second-order valence-electron chi connectivity index (χ2n) is 6.01. The molecular formula is C16H32IN3O3. The van der Waals surface area contributed by atoms with Crippen molar-refractivity contribution >= 4 is 29.9 Å². The van der Waals surface area contributed by atoms with Gasteiger partial charge < -0.3 is 24.8 Å². The molecule has 1 saturated heterocycles. The van der Waals surface area contributed by atoms with Gasteiger partial charge in [-0.2, -0.15) is 0 Å². The number of hydrogen-bond donors (Lipinski definition) is 2. The number of guanidine groups is 1. The number of halogens is 1. The molecule has 1 aliphatic heterocycles. The predicted molar refractivity (Wildman–Crippen MR) is 103 cm³/mol. The second-order valence-corrected chi connectivity index (χ2v) is 6.01. The molecule has 2 N–H and O–H groups in total. The second kappa shape index (κ2) is 13.2. The topological polar surface area (TPSA) is 64.1 Å². The summed E-state index contributed by atoms with van der Waals surface area (Å²) in [5, 5.41) is 6.60. The predicted octanol–water partition coefficient (Wildman–Crippen LogP) is 1.78. The molecular weight excluding hydrogens is 409 g/mol. The molecule has 2 rings (SSSR count). The molecule has 0 aromatic carbocycles. The molecule has 6 nitrogen and oxygen atoms in total. The highest BCUT2D eigenvalue weighted by Gasteiger charge is 2.20. The lowest BCUT2D eigenvalue weighted by atomic mass is 10.3. The standard InChI is InChI=1S/C16H31N3O3.HI/c1-17-16(18-7-2-9-20-12-14-4-5-14)19-8-3-10-22-15-6-11-21-13-15;/h14-15H,2-13H2,1H3,(H2,17,18,19);1H. The number of ether oxygens (including phenoxy) is 3. The SMILES string of the molecule is CN=C(NCCCOCC1CC1)NCCCOC1CCOC1.I. The molecule has 2 aliphatic rings. The highest BCUT2D eigenvalue weighted by molar-refractivity contribution is 14.0. The average Bonchev–Trinajstić information content (AvgIpc) is 3.21. The van der Waals surface area contributed by atoms with Crippen LogP contribution in [0, 0.1) is 5.92 Å². The summed E-state index contributed by atoms with van der Waals surface area (Å²) in [6.45, 7) is 5.89. The number of aliphatic imine (C=N–C) groups is 1. The lowest BCUT2D eigenvalue weighted by Gasteiger charge is -2.13. The van der Waals surface area contributed by atoms with Crippen LogP contribution in [0.25, 0.3) is 0 Å². The van der Waals surface area contributed by atoms with Crippen LogP contribution in [0.4, 0.5) is 0 Å². The summed E-state index contributed by atoms with van der Waals surface area (Å²) in [6, 6.07) is 0. The van der Waals surface area contributed by atoms with Gasteiger partial charge in [0, 0.05) is 46.6 Å². The number of nitrogens with zero attached hydrogens (tertiary/aromatic N) is 1. The van der Waals surface area contributed by atoms with E-state index in [-0.39, 0.29) is 24.0 Å². The van der Waals surface area contributed by atoms with Gasteiger partial charge in [-0.15, -0.1) is 24.0 Å². The molecule has 0 spiro atoms. The van der Waals surface area contributed by atoms with E-state index in [9.17, 15) is 0 Å². The maximum atomic E-state index is 5.73. The Morgan fingerprint density at radius 2 is 1.87 bits per heavy atom. The fraction of sp³-hybridized carbons (Fsp3) is 0.938. The molecule has 0 aromatic heterocycles. The van der Waals surface area contributed by atoms with Crippen molar-refractivity contribution in [3.05, 3.63) is 0 Å². The van der Waals surface area contributed by atoms with Crippen LogP contribution in [0.5, 0.6) is 0 Å². The fourth-order valence-electron chi connectivity index (χ4n) is 2.31. The molecule has 1 saturated carbocycles. The van der Waals surface area contributed by atoms with Gasteiger partial charge >= 0.3 is 0 Å². The summed E-state index contributed by atoms with van der Waals surface area (Å²) in [5.74, 6) is 1.70. The van der Waals surface area contributed by atoms with Gasteiger partial charge in [0.05, 0.1) is 12.7 Å². The Kier molecular flexibility index (Phi) is 12.0. The average molecular weight is 441 g/mol. The first-order valence-electron chi connectivity index (χ1n) is 8.60. The Balaban J connectivity index is 0.00000264. The van der Waals surface area contributed by atoms with Crippen molar-refractivity contribution in [1.29, 1.82) is 0 Å². The highest BCUT2D eigenvalue weighted by Crippen LogP contribution is 2.28. The number of hydrogen-bond acceptors (Lipinski definition) is 4. The summed E-state index contributed by atoms with van der Waals surface area (Å²) in [5.41, 5.74) is 0. The van der Waals surface area contributed by atoms with E-state index in [1.807, 2.05) is 0 Å². The number of nitrogens with one attached hydrogen (secondary N) is 2. The van der Waals surface area contributed by atoms with Crippen molar-refractivity contribution < 1.29 is 14.2 Å². The van der Waals surface area contributed by atoms with Crippen LogP contribution in [0.3, 0.4) is 0 Å². The van der Waals surface area contributed by atoms with Crippen molar-refractivity contribution in [2.45, 2.75) is 38.2 Å². The Bertz CT molecular complexity index is 322. The molecule has 1 atom stereocenters. The minimum absolute atomic E-state index is 0. The zero-order valence-corrected chi connectivity index (χ0v) is 16.6. The maximum absolute atomic E-state index is 5.73. The fourth-order valence-corrected chi connectivity index (χ4v) is 2.31. The third-order valence-corrected chi connectivity index (χ3v) is 3.89. The third-order valence-electron chi connectivity index (χ3n) is 3.89. The first-order valence-corrected chi connectivity index (χ1v) is 8.60. The Morgan fingerprint density at radius 1 is 1.13 bits per heavy atom. The Hall–Kier alpha value is -0.120. The molecule has 0 bridgehead atoms. The first kappa shape index (κ1) is 20.9. The summed E-state index contributed by atoms with van der Waals surface area (Å²) >= 11 is 0. The van der Waals surface area contributed by atoms with Crippen LogP contribution in [0.1, 0.15) is 32.1 Å². The van der Waals surface area contributed by atoms with Gasteiger partial charge in [-0.25, -0.2) is 0 Å². The van der Waals surface area contributed by atoms with Gasteiger partial charge in [0.1, 0.15) is 0 Å². The zero-order valence-electron chi connectivity index (χ0n) is 14.2. The van der Waals surface area contributed by atoms with Crippen LogP contribution in [-0.4, -0.2) is 65.2 Å². The summed E-state index contributed by atoms with van der Waals surface area (Å²) in [7, 11) is 1.80. The van der Waals surface area contributed by atoms with Gasteiger partial charge in [-0.1, -0.05) is 0 Å². The first-order chi connectivity index (χ1) is 10.9. The molecule has 7 heteroatoms. The molecule has 136 valence electrons. The van der Waals surface area contributed by atoms with E-state index in [1.54, 1.807) is 7.05 Å². The van der Waals surface area contributed by atoms with Crippen LogP contribution < -0.4 is 10.6 Å². The number of rotatable bonds is 11. The van der Waals surface area contributed by atoms with Crippen molar-refractivity contribution in [3.63, 3.8) is 0 Å². The van der Waals surface area contributed by atoms with E-state index in [0.717, 1.165) is 77.3 Å². The third kappa shape index (κ3) is 10.4. The van der Waals surface area contributed by atoms with Crippen LogP contribution >= 0.6 is 24.0 Å². The highest BCUT2D eigenvalue weighted by atomic mass is 127. The molecule has 1 heterocycles. The molecule has 23 heavy (non-hydrogen) atoms. The van der Waals surface area contributed by atoms with E-state index < -0.39 is 0 Å². The molecule has 0 amide bonds. The Morgan fingerprint density at radius 3 is 2.48 bits per heavy atom. The normalized spacial score (nSPS) is 21.1. The summed E-state index contributed by atoms with van der Waals surface area (Å²) in [4.78, 5) is 4.21. The molecule has 2 fully saturated rings. The largest absolute Gasteiger partial charge is 0.381 e. The molecule has 1 unspecified atom stereocenters. The van der Waals surface area contributed by atoms with Crippen LogP contribution in [-0.2, 0) is 14.2 Å². The van der Waals surface area contributed by atoms with Gasteiger partial charge in [0.2, 0.25) is 0 Å². The zero-order chi connectivity index (χ0) is 15.5. The monoisotopic (exact) mass is 441 g/mol. The van der Waals surface area contributed by atoms with Crippen molar-refractivity contribution in [1.82, 2.24) is 10.6 Å². The minimum atomic E-state index is 0.